The molecule has 132 valence electrons. The van der Waals surface area contributed by atoms with Gasteiger partial charge < -0.3 is 16.0 Å². The van der Waals surface area contributed by atoms with Crippen LogP contribution in [0.4, 0.5) is 11.4 Å². The van der Waals surface area contributed by atoms with E-state index < -0.39 is 5.91 Å². The molecule has 0 aliphatic rings. The van der Waals surface area contributed by atoms with Crippen LogP contribution in [-0.4, -0.2) is 11.8 Å². The lowest BCUT2D eigenvalue weighted by Crippen LogP contribution is -2.16. The molecule has 7 heteroatoms. The molecule has 3 N–H and O–H groups in total. The molecule has 0 heterocycles. The molecule has 0 saturated carbocycles. The Morgan fingerprint density at radius 1 is 1.12 bits per heavy atom. The standard InChI is InChI=1S/C19H17BrN4O2/c1-13(25)23-17-5-7-18(8-6-17)24-19(26)15(10-21)12-22-11-14-3-2-4-16(20)9-14/h2-9,12,22H,11H2,1H3,(H,23,25)(H,24,26)/b15-12-. The van der Waals surface area contributed by atoms with Crippen molar-refractivity contribution in [3.8, 4) is 6.07 Å². The molecule has 2 aromatic carbocycles. The molecule has 0 fully saturated rings. The summed E-state index contributed by atoms with van der Waals surface area (Å²) in [6, 6.07) is 16.2. The highest BCUT2D eigenvalue weighted by Crippen LogP contribution is 2.14. The molecule has 0 bridgehead atoms. The molecule has 2 aromatic rings. The van der Waals surface area contributed by atoms with E-state index in [4.69, 9.17) is 0 Å². The third-order valence-electron chi connectivity index (χ3n) is 3.27. The lowest BCUT2D eigenvalue weighted by Gasteiger charge is -2.07. The van der Waals surface area contributed by atoms with E-state index in [1.807, 2.05) is 30.3 Å². The fraction of sp³-hybridized carbons (Fsp3) is 0.105. The summed E-state index contributed by atoms with van der Waals surface area (Å²) in [4.78, 5) is 23.2. The smallest absolute Gasteiger partial charge is 0.267 e. The molecule has 6 nitrogen and oxygen atoms in total. The van der Waals surface area contributed by atoms with E-state index in [0.29, 0.717) is 17.9 Å². The van der Waals surface area contributed by atoms with Gasteiger partial charge in [-0.25, -0.2) is 0 Å². The zero-order valence-electron chi connectivity index (χ0n) is 14.0. The van der Waals surface area contributed by atoms with Crippen LogP contribution in [0.5, 0.6) is 0 Å². The number of carbonyl (C=O) groups excluding carboxylic acids is 2. The van der Waals surface area contributed by atoms with Gasteiger partial charge in [-0.1, -0.05) is 28.1 Å². The van der Waals surface area contributed by atoms with Gasteiger partial charge in [0, 0.05) is 35.5 Å². The van der Waals surface area contributed by atoms with Gasteiger partial charge >= 0.3 is 0 Å². The van der Waals surface area contributed by atoms with Crippen LogP contribution in [0.2, 0.25) is 0 Å². The van der Waals surface area contributed by atoms with Gasteiger partial charge in [-0.3, -0.25) is 9.59 Å². The highest BCUT2D eigenvalue weighted by Gasteiger charge is 2.09. The number of halogens is 1. The molecule has 0 spiro atoms. The number of anilines is 2. The zero-order valence-corrected chi connectivity index (χ0v) is 15.6. The van der Waals surface area contributed by atoms with Crippen molar-refractivity contribution >= 4 is 39.1 Å². The van der Waals surface area contributed by atoms with E-state index in [9.17, 15) is 14.9 Å². The number of hydrogen-bond acceptors (Lipinski definition) is 4. The van der Waals surface area contributed by atoms with Crippen molar-refractivity contribution < 1.29 is 9.59 Å². The van der Waals surface area contributed by atoms with E-state index >= 15 is 0 Å². The van der Waals surface area contributed by atoms with Gasteiger partial charge in [-0.05, 0) is 42.0 Å². The Hall–Kier alpha value is -3.11. The van der Waals surface area contributed by atoms with Crippen molar-refractivity contribution in [1.29, 1.82) is 5.26 Å². The van der Waals surface area contributed by atoms with Gasteiger partial charge in [-0.15, -0.1) is 0 Å². The molecule has 0 saturated heterocycles. The number of carbonyl (C=O) groups is 2. The van der Waals surface area contributed by atoms with Crippen LogP contribution in [0.15, 0.2) is 64.8 Å². The number of nitriles is 1. The Balaban J connectivity index is 1.95. The molecular formula is C19H17BrN4O2. The number of amides is 2. The van der Waals surface area contributed by atoms with E-state index in [0.717, 1.165) is 10.0 Å². The number of nitrogens with one attached hydrogen (secondary N) is 3. The third kappa shape index (κ3) is 6.07. The SMILES string of the molecule is CC(=O)Nc1ccc(NC(=O)/C(C#N)=C\NCc2cccc(Br)c2)cc1. The zero-order chi connectivity index (χ0) is 18.9. The second-order valence-corrected chi connectivity index (χ2v) is 6.31. The monoisotopic (exact) mass is 412 g/mol. The van der Waals surface area contributed by atoms with Gasteiger partial charge in [0.2, 0.25) is 5.91 Å². The normalized spacial score (nSPS) is 10.6. The fourth-order valence-corrected chi connectivity index (χ4v) is 2.55. The molecule has 2 amide bonds. The molecule has 26 heavy (non-hydrogen) atoms. The topological polar surface area (TPSA) is 94.0 Å². The summed E-state index contributed by atoms with van der Waals surface area (Å²) < 4.78 is 0.960. The predicted molar refractivity (Wildman–Crippen MR) is 104 cm³/mol. The first-order valence-corrected chi connectivity index (χ1v) is 8.54. The Bertz CT molecular complexity index is 870. The van der Waals surface area contributed by atoms with Gasteiger partial charge in [0.25, 0.3) is 5.91 Å². The summed E-state index contributed by atoms with van der Waals surface area (Å²) in [5, 5.41) is 17.4. The predicted octanol–water partition coefficient (Wildman–Crippen LogP) is 3.54. The summed E-state index contributed by atoms with van der Waals surface area (Å²) in [7, 11) is 0. The van der Waals surface area contributed by atoms with Gasteiger partial charge in [0.15, 0.2) is 0 Å². The van der Waals surface area contributed by atoms with Crippen LogP contribution < -0.4 is 16.0 Å². The van der Waals surface area contributed by atoms with E-state index in [1.54, 1.807) is 24.3 Å². The quantitative estimate of drug-likeness (QED) is 0.499. The van der Waals surface area contributed by atoms with Crippen LogP contribution >= 0.6 is 15.9 Å². The van der Waals surface area contributed by atoms with Crippen LogP contribution in [-0.2, 0) is 16.1 Å². The maximum atomic E-state index is 12.2. The van der Waals surface area contributed by atoms with Crippen LogP contribution in [0, 0.1) is 11.3 Å². The summed E-state index contributed by atoms with van der Waals surface area (Å²) >= 11 is 3.39. The minimum absolute atomic E-state index is 0.0362. The first-order chi connectivity index (χ1) is 12.5. The number of nitrogens with zero attached hydrogens (tertiary/aromatic N) is 1. The third-order valence-corrected chi connectivity index (χ3v) is 3.76. The highest BCUT2D eigenvalue weighted by molar-refractivity contribution is 9.10. The summed E-state index contributed by atoms with van der Waals surface area (Å²) in [5.41, 5.74) is 2.13. The Labute approximate surface area is 160 Å². The minimum atomic E-state index is -0.512. The van der Waals surface area contributed by atoms with E-state index in [-0.39, 0.29) is 11.5 Å². The van der Waals surface area contributed by atoms with Gasteiger partial charge in [0.05, 0.1) is 0 Å². The molecule has 0 aromatic heterocycles. The number of rotatable bonds is 6. The maximum absolute atomic E-state index is 12.2. The average molecular weight is 413 g/mol. The van der Waals surface area contributed by atoms with Gasteiger partial charge in [0.1, 0.15) is 11.6 Å². The lowest BCUT2D eigenvalue weighted by atomic mass is 10.2. The molecular weight excluding hydrogens is 396 g/mol. The summed E-state index contributed by atoms with van der Waals surface area (Å²) in [6.07, 6.45) is 1.39. The van der Waals surface area contributed by atoms with Crippen LogP contribution in [0.1, 0.15) is 12.5 Å². The van der Waals surface area contributed by atoms with Crippen molar-refractivity contribution in [1.82, 2.24) is 5.32 Å². The summed E-state index contributed by atoms with van der Waals surface area (Å²) in [5.74, 6) is -0.686. The fourth-order valence-electron chi connectivity index (χ4n) is 2.11. The van der Waals surface area contributed by atoms with Crippen molar-refractivity contribution in [2.24, 2.45) is 0 Å². The Morgan fingerprint density at radius 2 is 1.77 bits per heavy atom. The molecule has 2 rings (SSSR count). The van der Waals surface area contributed by atoms with E-state index in [1.165, 1.54) is 13.1 Å². The number of benzene rings is 2. The molecule has 0 unspecified atom stereocenters. The highest BCUT2D eigenvalue weighted by atomic mass is 79.9. The molecule has 0 atom stereocenters. The minimum Gasteiger partial charge on any atom is -0.386 e. The average Bonchev–Trinajstić information content (AvgIpc) is 2.60. The second kappa shape index (κ2) is 9.39. The van der Waals surface area contributed by atoms with Crippen molar-refractivity contribution in [3.63, 3.8) is 0 Å². The first-order valence-electron chi connectivity index (χ1n) is 7.75. The van der Waals surface area contributed by atoms with Crippen LogP contribution in [0.25, 0.3) is 0 Å². The van der Waals surface area contributed by atoms with Crippen molar-refractivity contribution in [3.05, 3.63) is 70.3 Å². The largest absolute Gasteiger partial charge is 0.386 e. The Kier molecular flexibility index (Phi) is 6.94. The van der Waals surface area contributed by atoms with Crippen LogP contribution in [0.3, 0.4) is 0 Å². The lowest BCUT2D eigenvalue weighted by molar-refractivity contribution is -0.114. The summed E-state index contributed by atoms with van der Waals surface area (Å²) in [6.45, 7) is 1.91. The molecule has 0 aliphatic heterocycles. The van der Waals surface area contributed by atoms with Crippen molar-refractivity contribution in [2.75, 3.05) is 10.6 Å². The molecule has 0 radical (unpaired) electrons. The molecule has 0 aliphatic carbocycles. The Morgan fingerprint density at radius 3 is 2.35 bits per heavy atom. The second-order valence-electron chi connectivity index (χ2n) is 5.39. The van der Waals surface area contributed by atoms with Crippen molar-refractivity contribution in [2.45, 2.75) is 13.5 Å². The van der Waals surface area contributed by atoms with Gasteiger partial charge in [-0.2, -0.15) is 5.26 Å². The number of hydrogen-bond donors (Lipinski definition) is 3. The van der Waals surface area contributed by atoms with E-state index in [2.05, 4.69) is 31.9 Å². The maximum Gasteiger partial charge on any atom is 0.267 e. The first kappa shape index (κ1) is 19.2.